The fraction of sp³-hybridized carbons (Fsp3) is 0.833. The monoisotopic (exact) mass is 272 g/mol. The van der Waals surface area contributed by atoms with E-state index in [4.69, 9.17) is 0 Å². The first-order chi connectivity index (χ1) is 8.59. The summed E-state index contributed by atoms with van der Waals surface area (Å²) in [6, 6.07) is -0.230. The predicted octanol–water partition coefficient (Wildman–Crippen LogP) is -0.0217. The Balaban J connectivity index is 1.94. The molecule has 2 amide bonds. The minimum Gasteiger partial charge on any atom is -0.332 e. The molecular weight excluding hydrogens is 252 g/mol. The van der Waals surface area contributed by atoms with Gasteiger partial charge in [0.2, 0.25) is 11.8 Å². The van der Waals surface area contributed by atoms with Crippen LogP contribution in [0.3, 0.4) is 0 Å². The fourth-order valence-electron chi connectivity index (χ4n) is 2.68. The number of nitrogens with zero attached hydrogens (tertiary/aromatic N) is 2. The van der Waals surface area contributed by atoms with Gasteiger partial charge in [-0.3, -0.25) is 13.8 Å². The molecule has 18 heavy (non-hydrogen) atoms. The van der Waals surface area contributed by atoms with Crippen LogP contribution < -0.4 is 0 Å². The van der Waals surface area contributed by atoms with E-state index in [1.807, 2.05) is 0 Å². The molecule has 0 bridgehead atoms. The van der Waals surface area contributed by atoms with Crippen molar-refractivity contribution in [2.75, 3.05) is 31.6 Å². The summed E-state index contributed by atoms with van der Waals surface area (Å²) in [7, 11) is -0.831. The highest BCUT2D eigenvalue weighted by Crippen LogP contribution is 2.23. The highest BCUT2D eigenvalue weighted by Gasteiger charge is 2.39. The number of hydrogen-bond acceptors (Lipinski definition) is 3. The topological polar surface area (TPSA) is 57.7 Å². The van der Waals surface area contributed by atoms with Gasteiger partial charge in [0.05, 0.1) is 6.54 Å². The highest BCUT2D eigenvalue weighted by molar-refractivity contribution is 7.84. The number of fused-ring (bicyclic) bond motifs is 1. The van der Waals surface area contributed by atoms with Gasteiger partial charge >= 0.3 is 0 Å². The standard InChI is InChI=1S/C12H20N2O3S/c1-18(17)8-4-6-13-9-11(15)14-7-3-2-5-10(14)12(13)16/h10H,2-9H2,1H3. The molecule has 0 aliphatic carbocycles. The number of amides is 2. The van der Waals surface area contributed by atoms with Gasteiger partial charge in [-0.1, -0.05) is 0 Å². The van der Waals surface area contributed by atoms with Gasteiger partial charge in [0.15, 0.2) is 0 Å². The van der Waals surface area contributed by atoms with Crippen molar-refractivity contribution in [1.82, 2.24) is 9.80 Å². The molecule has 2 unspecified atom stereocenters. The summed E-state index contributed by atoms with van der Waals surface area (Å²) in [5.74, 6) is 0.736. The van der Waals surface area contributed by atoms with Gasteiger partial charge in [-0.2, -0.15) is 0 Å². The molecule has 0 aromatic rings. The second-order valence-corrected chi connectivity index (χ2v) is 6.54. The van der Waals surface area contributed by atoms with E-state index in [2.05, 4.69) is 0 Å². The summed E-state index contributed by atoms with van der Waals surface area (Å²) < 4.78 is 11.0. The van der Waals surface area contributed by atoms with Gasteiger partial charge in [0, 0.05) is 35.9 Å². The second-order valence-electron chi connectivity index (χ2n) is 4.99. The van der Waals surface area contributed by atoms with Gasteiger partial charge in [-0.15, -0.1) is 0 Å². The fourth-order valence-corrected chi connectivity index (χ4v) is 3.21. The van der Waals surface area contributed by atoms with Crippen molar-refractivity contribution in [3.05, 3.63) is 0 Å². The van der Waals surface area contributed by atoms with Crippen molar-refractivity contribution in [3.8, 4) is 0 Å². The molecule has 0 radical (unpaired) electrons. The van der Waals surface area contributed by atoms with Crippen molar-refractivity contribution in [2.45, 2.75) is 31.7 Å². The van der Waals surface area contributed by atoms with E-state index in [1.54, 1.807) is 16.1 Å². The van der Waals surface area contributed by atoms with Crippen molar-refractivity contribution in [1.29, 1.82) is 0 Å². The van der Waals surface area contributed by atoms with E-state index in [1.165, 1.54) is 0 Å². The molecule has 5 nitrogen and oxygen atoms in total. The Morgan fingerprint density at radius 2 is 2.11 bits per heavy atom. The smallest absolute Gasteiger partial charge is 0.245 e. The highest BCUT2D eigenvalue weighted by atomic mass is 32.2. The lowest BCUT2D eigenvalue weighted by Gasteiger charge is -2.42. The Morgan fingerprint density at radius 1 is 1.33 bits per heavy atom. The van der Waals surface area contributed by atoms with Crippen LogP contribution in [-0.2, 0) is 20.4 Å². The normalized spacial score (nSPS) is 26.2. The Morgan fingerprint density at radius 3 is 2.83 bits per heavy atom. The summed E-state index contributed by atoms with van der Waals surface area (Å²) >= 11 is 0. The van der Waals surface area contributed by atoms with E-state index >= 15 is 0 Å². The van der Waals surface area contributed by atoms with E-state index in [-0.39, 0.29) is 24.4 Å². The molecule has 2 rings (SSSR count). The van der Waals surface area contributed by atoms with E-state index < -0.39 is 10.8 Å². The van der Waals surface area contributed by atoms with Gasteiger partial charge in [0.25, 0.3) is 0 Å². The molecule has 2 aliphatic rings. The average molecular weight is 272 g/mol. The molecular formula is C12H20N2O3S. The van der Waals surface area contributed by atoms with Crippen molar-refractivity contribution < 1.29 is 13.8 Å². The van der Waals surface area contributed by atoms with Gasteiger partial charge in [-0.05, 0) is 25.7 Å². The van der Waals surface area contributed by atoms with Crippen molar-refractivity contribution in [2.24, 2.45) is 0 Å². The molecule has 2 heterocycles. The minimum absolute atomic E-state index is 0.0666. The SMILES string of the molecule is CS(=O)CCCN1CC(=O)N2CCCCC2C1=O. The maximum atomic E-state index is 12.2. The number of carbonyl (C=O) groups excluding carboxylic acids is 2. The first-order valence-corrected chi connectivity index (χ1v) is 8.20. The van der Waals surface area contributed by atoms with Crippen LogP contribution in [0.5, 0.6) is 0 Å². The van der Waals surface area contributed by atoms with Gasteiger partial charge in [0.1, 0.15) is 6.04 Å². The summed E-state index contributed by atoms with van der Waals surface area (Å²) in [6.45, 7) is 1.47. The lowest BCUT2D eigenvalue weighted by Crippen LogP contribution is -2.61. The predicted molar refractivity (Wildman–Crippen MR) is 69.5 cm³/mol. The largest absolute Gasteiger partial charge is 0.332 e. The zero-order chi connectivity index (χ0) is 13.1. The zero-order valence-corrected chi connectivity index (χ0v) is 11.6. The van der Waals surface area contributed by atoms with Crippen LogP contribution in [-0.4, -0.2) is 63.5 Å². The molecule has 0 aromatic carbocycles. The lowest BCUT2D eigenvalue weighted by atomic mass is 9.98. The molecule has 102 valence electrons. The third-order valence-corrected chi connectivity index (χ3v) is 4.47. The molecule has 0 spiro atoms. The zero-order valence-electron chi connectivity index (χ0n) is 10.8. The number of piperidine rings is 1. The van der Waals surface area contributed by atoms with Crippen molar-refractivity contribution in [3.63, 3.8) is 0 Å². The second kappa shape index (κ2) is 5.82. The van der Waals surface area contributed by atoms with Crippen LogP contribution in [0.25, 0.3) is 0 Å². The molecule has 2 atom stereocenters. The maximum Gasteiger partial charge on any atom is 0.245 e. The van der Waals surface area contributed by atoms with Crippen LogP contribution in [0.1, 0.15) is 25.7 Å². The average Bonchev–Trinajstić information content (AvgIpc) is 2.35. The Bertz CT molecular complexity index is 372. The number of hydrogen-bond donors (Lipinski definition) is 0. The first kappa shape index (κ1) is 13.5. The maximum absolute atomic E-state index is 12.2. The van der Waals surface area contributed by atoms with Gasteiger partial charge in [-0.25, -0.2) is 0 Å². The Kier molecular flexibility index (Phi) is 4.37. The van der Waals surface area contributed by atoms with Crippen LogP contribution in [0, 0.1) is 0 Å². The molecule has 6 heteroatoms. The Labute approximate surface area is 110 Å². The summed E-state index contributed by atoms with van der Waals surface area (Å²) in [5.41, 5.74) is 0. The van der Waals surface area contributed by atoms with Gasteiger partial charge < -0.3 is 9.80 Å². The van der Waals surface area contributed by atoms with Crippen LogP contribution in [0.2, 0.25) is 0 Å². The molecule has 2 aliphatic heterocycles. The molecule has 2 fully saturated rings. The molecule has 0 saturated carbocycles. The molecule has 0 aromatic heterocycles. The van der Waals surface area contributed by atoms with E-state index in [9.17, 15) is 13.8 Å². The molecule has 0 N–H and O–H groups in total. The van der Waals surface area contributed by atoms with Crippen molar-refractivity contribution >= 4 is 22.6 Å². The first-order valence-electron chi connectivity index (χ1n) is 6.48. The third-order valence-electron chi connectivity index (χ3n) is 3.61. The summed E-state index contributed by atoms with van der Waals surface area (Å²) in [4.78, 5) is 27.6. The number of carbonyl (C=O) groups is 2. The number of piperazine rings is 1. The van der Waals surface area contributed by atoms with Crippen LogP contribution >= 0.6 is 0 Å². The van der Waals surface area contributed by atoms with E-state index in [0.29, 0.717) is 18.7 Å². The third kappa shape index (κ3) is 2.91. The van der Waals surface area contributed by atoms with E-state index in [0.717, 1.165) is 25.8 Å². The quantitative estimate of drug-likeness (QED) is 0.722. The minimum atomic E-state index is -0.831. The Hall–Kier alpha value is -0.910. The van der Waals surface area contributed by atoms with Crippen LogP contribution in [0.4, 0.5) is 0 Å². The molecule has 2 saturated heterocycles. The van der Waals surface area contributed by atoms with Crippen LogP contribution in [0.15, 0.2) is 0 Å². The summed E-state index contributed by atoms with van der Waals surface area (Å²) in [6.07, 6.45) is 5.18. The lowest BCUT2D eigenvalue weighted by molar-refractivity contribution is -0.157. The summed E-state index contributed by atoms with van der Waals surface area (Å²) in [5, 5.41) is 0. The number of rotatable bonds is 4.